The second-order valence-electron chi connectivity index (χ2n) is 4.12. The Morgan fingerprint density at radius 1 is 1.53 bits per heavy atom. The van der Waals surface area contributed by atoms with E-state index in [0.717, 1.165) is 15.2 Å². The normalized spacial score (nSPS) is 10.5. The zero-order valence-electron chi connectivity index (χ0n) is 10.5. The highest BCUT2D eigenvalue weighted by Gasteiger charge is 2.17. The number of halogens is 2. The maximum absolute atomic E-state index is 12.3. The Morgan fingerprint density at radius 2 is 2.26 bits per heavy atom. The van der Waals surface area contributed by atoms with Crippen LogP contribution in [-0.4, -0.2) is 22.8 Å². The predicted octanol–water partition coefficient (Wildman–Crippen LogP) is 4.14. The minimum atomic E-state index is -0.114. The number of hydrogen-bond donors (Lipinski definition) is 0. The first kappa shape index (κ1) is 14.5. The van der Waals surface area contributed by atoms with Crippen molar-refractivity contribution >= 4 is 44.8 Å². The van der Waals surface area contributed by atoms with Crippen molar-refractivity contribution in [1.29, 1.82) is 0 Å². The van der Waals surface area contributed by atoms with Crippen LogP contribution < -0.4 is 0 Å². The van der Waals surface area contributed by atoms with E-state index in [0.29, 0.717) is 17.1 Å². The number of rotatable bonds is 3. The molecule has 0 aliphatic rings. The van der Waals surface area contributed by atoms with E-state index in [1.54, 1.807) is 35.4 Å². The SMILES string of the molecule is Cc1nc(CN(C)C(=O)c2cccc(Br)c2Cl)cs1. The van der Waals surface area contributed by atoms with Gasteiger partial charge in [0.15, 0.2) is 0 Å². The van der Waals surface area contributed by atoms with Gasteiger partial charge < -0.3 is 4.90 Å². The summed E-state index contributed by atoms with van der Waals surface area (Å²) in [4.78, 5) is 18.3. The van der Waals surface area contributed by atoms with Crippen LogP contribution in [0.4, 0.5) is 0 Å². The fourth-order valence-electron chi connectivity index (χ4n) is 1.67. The molecule has 0 radical (unpaired) electrons. The van der Waals surface area contributed by atoms with Crippen molar-refractivity contribution < 1.29 is 4.79 Å². The Hall–Kier alpha value is -0.910. The highest BCUT2D eigenvalue weighted by atomic mass is 79.9. The molecular weight excluding hydrogens is 348 g/mol. The molecule has 0 saturated heterocycles. The van der Waals surface area contributed by atoms with Crippen LogP contribution in [0.2, 0.25) is 5.02 Å². The molecule has 1 heterocycles. The second-order valence-corrected chi connectivity index (χ2v) is 6.41. The van der Waals surface area contributed by atoms with E-state index >= 15 is 0 Å². The number of nitrogens with zero attached hydrogens (tertiary/aromatic N) is 2. The van der Waals surface area contributed by atoms with Crippen LogP contribution in [0.3, 0.4) is 0 Å². The average Bonchev–Trinajstić information content (AvgIpc) is 2.77. The molecule has 0 fully saturated rings. The second kappa shape index (κ2) is 6.03. The van der Waals surface area contributed by atoms with Crippen molar-refractivity contribution in [3.05, 3.63) is 49.3 Å². The zero-order valence-corrected chi connectivity index (χ0v) is 13.6. The van der Waals surface area contributed by atoms with Crippen LogP contribution >= 0.6 is 38.9 Å². The first-order valence-corrected chi connectivity index (χ1v) is 7.64. The van der Waals surface area contributed by atoms with Crippen LogP contribution in [0.15, 0.2) is 28.1 Å². The molecule has 3 nitrogen and oxygen atoms in total. The summed E-state index contributed by atoms with van der Waals surface area (Å²) in [5.41, 5.74) is 1.38. The number of aryl methyl sites for hydroxylation is 1. The smallest absolute Gasteiger partial charge is 0.255 e. The van der Waals surface area contributed by atoms with Crippen molar-refractivity contribution in [2.24, 2.45) is 0 Å². The van der Waals surface area contributed by atoms with Gasteiger partial charge in [-0.05, 0) is 35.0 Å². The molecule has 0 bridgehead atoms. The van der Waals surface area contributed by atoms with Crippen LogP contribution in [0.25, 0.3) is 0 Å². The topological polar surface area (TPSA) is 33.2 Å². The Morgan fingerprint density at radius 3 is 2.89 bits per heavy atom. The van der Waals surface area contributed by atoms with Crippen LogP contribution in [0.5, 0.6) is 0 Å². The van der Waals surface area contributed by atoms with Crippen molar-refractivity contribution in [3.63, 3.8) is 0 Å². The molecule has 0 spiro atoms. The molecule has 1 amide bonds. The van der Waals surface area contributed by atoms with E-state index in [1.807, 2.05) is 18.4 Å². The summed E-state index contributed by atoms with van der Waals surface area (Å²) in [5.74, 6) is -0.114. The maximum atomic E-state index is 12.3. The Bertz CT molecular complexity index is 614. The number of aromatic nitrogens is 1. The molecule has 0 aliphatic heterocycles. The summed E-state index contributed by atoms with van der Waals surface area (Å²) in [6, 6.07) is 5.32. The lowest BCUT2D eigenvalue weighted by Gasteiger charge is -2.17. The molecule has 0 atom stereocenters. The average molecular weight is 360 g/mol. The first-order chi connectivity index (χ1) is 8.99. The van der Waals surface area contributed by atoms with Crippen LogP contribution in [-0.2, 0) is 6.54 Å². The molecule has 0 aliphatic carbocycles. The predicted molar refractivity (Wildman–Crippen MR) is 81.8 cm³/mol. The highest BCUT2D eigenvalue weighted by Crippen LogP contribution is 2.27. The molecule has 6 heteroatoms. The first-order valence-electron chi connectivity index (χ1n) is 5.59. The molecule has 0 saturated carbocycles. The van der Waals surface area contributed by atoms with Crippen molar-refractivity contribution in [2.45, 2.75) is 13.5 Å². The number of benzene rings is 1. The van der Waals surface area contributed by atoms with Crippen molar-refractivity contribution in [3.8, 4) is 0 Å². The summed E-state index contributed by atoms with van der Waals surface area (Å²) in [6.45, 7) is 2.42. The summed E-state index contributed by atoms with van der Waals surface area (Å²) in [6.07, 6.45) is 0. The van der Waals surface area contributed by atoms with E-state index in [1.165, 1.54) is 0 Å². The van der Waals surface area contributed by atoms with Gasteiger partial charge >= 0.3 is 0 Å². The number of carbonyl (C=O) groups excluding carboxylic acids is 1. The molecule has 1 aromatic carbocycles. The zero-order chi connectivity index (χ0) is 14.0. The van der Waals surface area contributed by atoms with Gasteiger partial charge in [-0.2, -0.15) is 0 Å². The van der Waals surface area contributed by atoms with Crippen LogP contribution in [0.1, 0.15) is 21.1 Å². The molecule has 100 valence electrons. The lowest BCUT2D eigenvalue weighted by molar-refractivity contribution is 0.0783. The summed E-state index contributed by atoms with van der Waals surface area (Å²) >= 11 is 11.0. The third-order valence-electron chi connectivity index (χ3n) is 2.59. The van der Waals surface area contributed by atoms with Gasteiger partial charge in [-0.25, -0.2) is 4.98 Å². The molecule has 1 aromatic heterocycles. The third-order valence-corrected chi connectivity index (χ3v) is 4.71. The standard InChI is InChI=1S/C13H12BrClN2OS/c1-8-16-9(7-19-8)6-17(2)13(18)10-4-3-5-11(14)12(10)15/h3-5,7H,6H2,1-2H3. The van der Waals surface area contributed by atoms with Gasteiger partial charge in [0.1, 0.15) is 0 Å². The number of thiazole rings is 1. The van der Waals surface area contributed by atoms with E-state index in [-0.39, 0.29) is 5.91 Å². The lowest BCUT2D eigenvalue weighted by atomic mass is 10.2. The minimum Gasteiger partial charge on any atom is -0.336 e. The van der Waals surface area contributed by atoms with Gasteiger partial charge in [0, 0.05) is 16.9 Å². The van der Waals surface area contributed by atoms with Gasteiger partial charge in [-0.3, -0.25) is 4.79 Å². The van der Waals surface area contributed by atoms with Gasteiger partial charge in [0.25, 0.3) is 5.91 Å². The minimum absolute atomic E-state index is 0.114. The largest absolute Gasteiger partial charge is 0.336 e. The fourth-order valence-corrected chi connectivity index (χ4v) is 2.85. The van der Waals surface area contributed by atoms with Crippen molar-refractivity contribution in [1.82, 2.24) is 9.88 Å². The monoisotopic (exact) mass is 358 g/mol. The van der Waals surface area contributed by atoms with Crippen molar-refractivity contribution in [2.75, 3.05) is 7.05 Å². The van der Waals surface area contributed by atoms with Gasteiger partial charge in [0.2, 0.25) is 0 Å². The van der Waals surface area contributed by atoms with Crippen LogP contribution in [0, 0.1) is 6.92 Å². The summed E-state index contributed by atoms with van der Waals surface area (Å²) < 4.78 is 0.720. The molecule has 2 rings (SSSR count). The number of hydrogen-bond acceptors (Lipinski definition) is 3. The fraction of sp³-hybridized carbons (Fsp3) is 0.231. The Balaban J connectivity index is 2.17. The van der Waals surface area contributed by atoms with E-state index in [9.17, 15) is 4.79 Å². The summed E-state index contributed by atoms with van der Waals surface area (Å²) in [5, 5.41) is 3.40. The summed E-state index contributed by atoms with van der Waals surface area (Å²) in [7, 11) is 1.74. The molecule has 0 N–H and O–H groups in total. The quantitative estimate of drug-likeness (QED) is 0.825. The lowest BCUT2D eigenvalue weighted by Crippen LogP contribution is -2.26. The Kier molecular flexibility index (Phi) is 4.60. The van der Waals surface area contributed by atoms with E-state index in [2.05, 4.69) is 20.9 Å². The molecule has 19 heavy (non-hydrogen) atoms. The molecular formula is C13H12BrClN2OS. The third kappa shape index (κ3) is 3.35. The number of carbonyl (C=O) groups is 1. The highest BCUT2D eigenvalue weighted by molar-refractivity contribution is 9.10. The van der Waals surface area contributed by atoms with Gasteiger partial charge in [0.05, 0.1) is 27.8 Å². The maximum Gasteiger partial charge on any atom is 0.255 e. The van der Waals surface area contributed by atoms with E-state index in [4.69, 9.17) is 11.6 Å². The molecule has 2 aromatic rings. The number of amides is 1. The van der Waals surface area contributed by atoms with Gasteiger partial charge in [-0.1, -0.05) is 17.7 Å². The Labute approximate surface area is 129 Å². The van der Waals surface area contributed by atoms with Gasteiger partial charge in [-0.15, -0.1) is 11.3 Å². The molecule has 0 unspecified atom stereocenters. The van der Waals surface area contributed by atoms with E-state index < -0.39 is 0 Å².